The van der Waals surface area contributed by atoms with Crippen molar-refractivity contribution in [3.8, 4) is 33.4 Å². The average molecular weight is 615 g/mol. The number of nitrogens with zero attached hydrogens (tertiary/aromatic N) is 1. The van der Waals surface area contributed by atoms with Gasteiger partial charge in [-0.15, -0.1) is 0 Å². The van der Waals surface area contributed by atoms with Gasteiger partial charge >= 0.3 is 0 Å². The van der Waals surface area contributed by atoms with Gasteiger partial charge in [-0.1, -0.05) is 146 Å². The first-order valence-electron chi connectivity index (χ1n) is 16.3. The third-order valence-corrected chi connectivity index (χ3v) is 8.86. The summed E-state index contributed by atoms with van der Waals surface area (Å²) >= 11 is 0. The second-order valence-electron chi connectivity index (χ2n) is 11.9. The molecule has 8 aromatic carbocycles. The van der Waals surface area contributed by atoms with E-state index in [9.17, 15) is 0 Å². The summed E-state index contributed by atoms with van der Waals surface area (Å²) in [5, 5.41) is 5.99. The van der Waals surface area contributed by atoms with Crippen LogP contribution >= 0.6 is 0 Å². The van der Waals surface area contributed by atoms with Crippen molar-refractivity contribution in [3.05, 3.63) is 200 Å². The molecule has 0 aliphatic carbocycles. The van der Waals surface area contributed by atoms with Gasteiger partial charge in [0, 0.05) is 28.1 Å². The van der Waals surface area contributed by atoms with E-state index < -0.39 is 0 Å². The SMILES string of the molecule is c1ccc(-c2ccc(Nc3ccc(-c4ccc(-c5ccc(N(c6ccccc6)c6cccc7ccccc67)cc5)cc4)cc3)cc2)cc1. The predicted molar refractivity (Wildman–Crippen MR) is 205 cm³/mol. The summed E-state index contributed by atoms with van der Waals surface area (Å²) < 4.78 is 0. The molecule has 8 aromatic rings. The molecule has 2 nitrogen and oxygen atoms in total. The summed E-state index contributed by atoms with van der Waals surface area (Å²) in [5.74, 6) is 0. The van der Waals surface area contributed by atoms with Crippen LogP contribution in [0.4, 0.5) is 28.4 Å². The molecule has 0 amide bonds. The van der Waals surface area contributed by atoms with E-state index in [0.29, 0.717) is 0 Å². The molecule has 0 bridgehead atoms. The second kappa shape index (κ2) is 13.2. The molecule has 0 saturated carbocycles. The topological polar surface area (TPSA) is 15.3 Å². The van der Waals surface area contributed by atoms with E-state index in [4.69, 9.17) is 0 Å². The molecular weight excluding hydrogens is 581 g/mol. The number of hydrogen-bond acceptors (Lipinski definition) is 2. The maximum atomic E-state index is 3.53. The van der Waals surface area contributed by atoms with Crippen LogP contribution in [0.5, 0.6) is 0 Å². The lowest BCUT2D eigenvalue weighted by molar-refractivity contribution is 1.30. The highest BCUT2D eigenvalue weighted by Gasteiger charge is 2.15. The summed E-state index contributed by atoms with van der Waals surface area (Å²) in [6.07, 6.45) is 0. The third kappa shape index (κ3) is 6.08. The summed E-state index contributed by atoms with van der Waals surface area (Å²) in [6, 6.07) is 71.1. The minimum Gasteiger partial charge on any atom is -0.356 e. The van der Waals surface area contributed by atoms with Crippen LogP contribution in [0, 0.1) is 0 Å². The minimum absolute atomic E-state index is 1.07. The van der Waals surface area contributed by atoms with Crippen molar-refractivity contribution in [2.45, 2.75) is 0 Å². The molecule has 0 aromatic heterocycles. The summed E-state index contributed by atoms with van der Waals surface area (Å²) in [4.78, 5) is 2.34. The third-order valence-electron chi connectivity index (χ3n) is 8.86. The molecule has 0 atom stereocenters. The standard InChI is InChI=1S/C46H34N2/c1-3-10-34(11-4-1)37-22-28-41(29-23-37)47-42-30-24-38(25-31-42)35-18-20-36(21-19-35)39-26-32-44(33-27-39)48(43-14-5-2-6-15-43)46-17-9-13-40-12-7-8-16-45(40)46/h1-33,47H. The number of para-hydroxylation sites is 1. The Kier molecular flexibility index (Phi) is 7.96. The zero-order valence-corrected chi connectivity index (χ0v) is 26.5. The van der Waals surface area contributed by atoms with Crippen molar-refractivity contribution in [1.82, 2.24) is 0 Å². The van der Waals surface area contributed by atoms with Crippen LogP contribution in [0.25, 0.3) is 44.2 Å². The molecule has 2 heteroatoms. The Hall–Kier alpha value is -6.38. The van der Waals surface area contributed by atoms with Gasteiger partial charge < -0.3 is 10.2 Å². The van der Waals surface area contributed by atoms with Gasteiger partial charge in [0.1, 0.15) is 0 Å². The molecule has 228 valence electrons. The van der Waals surface area contributed by atoms with Crippen LogP contribution < -0.4 is 10.2 Å². The highest BCUT2D eigenvalue weighted by atomic mass is 15.1. The van der Waals surface area contributed by atoms with Crippen LogP contribution in [0.1, 0.15) is 0 Å². The quantitative estimate of drug-likeness (QED) is 0.183. The molecule has 0 radical (unpaired) electrons. The highest BCUT2D eigenvalue weighted by molar-refractivity contribution is 5.99. The summed E-state index contributed by atoms with van der Waals surface area (Å²) in [6.45, 7) is 0. The van der Waals surface area contributed by atoms with Crippen LogP contribution in [0.15, 0.2) is 200 Å². The number of benzene rings is 8. The van der Waals surface area contributed by atoms with Gasteiger partial charge in [-0.25, -0.2) is 0 Å². The fraction of sp³-hybridized carbons (Fsp3) is 0. The Bertz CT molecular complexity index is 2250. The van der Waals surface area contributed by atoms with E-state index in [1.54, 1.807) is 0 Å². The number of fused-ring (bicyclic) bond motifs is 1. The van der Waals surface area contributed by atoms with Gasteiger partial charge in [-0.3, -0.25) is 0 Å². The first kappa shape index (κ1) is 29.1. The lowest BCUT2D eigenvalue weighted by Gasteiger charge is -2.27. The zero-order chi connectivity index (χ0) is 32.1. The molecule has 48 heavy (non-hydrogen) atoms. The van der Waals surface area contributed by atoms with Crippen LogP contribution in [-0.4, -0.2) is 0 Å². The van der Waals surface area contributed by atoms with Gasteiger partial charge in [-0.2, -0.15) is 0 Å². The fourth-order valence-electron chi connectivity index (χ4n) is 6.35. The predicted octanol–water partition coefficient (Wildman–Crippen LogP) is 13.1. The van der Waals surface area contributed by atoms with Crippen molar-refractivity contribution < 1.29 is 0 Å². The Morgan fingerprint density at radius 3 is 1.25 bits per heavy atom. The first-order valence-corrected chi connectivity index (χ1v) is 16.3. The molecule has 1 N–H and O–H groups in total. The van der Waals surface area contributed by atoms with E-state index in [0.717, 1.165) is 22.7 Å². The molecule has 8 rings (SSSR count). The largest absolute Gasteiger partial charge is 0.356 e. The zero-order valence-electron chi connectivity index (χ0n) is 26.5. The molecule has 0 aliphatic heterocycles. The maximum Gasteiger partial charge on any atom is 0.0540 e. The molecular formula is C46H34N2. The van der Waals surface area contributed by atoms with Crippen molar-refractivity contribution in [3.63, 3.8) is 0 Å². The molecule has 0 aliphatic rings. The van der Waals surface area contributed by atoms with Crippen molar-refractivity contribution in [2.24, 2.45) is 0 Å². The van der Waals surface area contributed by atoms with E-state index >= 15 is 0 Å². The van der Waals surface area contributed by atoms with E-state index in [1.165, 1.54) is 49.8 Å². The van der Waals surface area contributed by atoms with Gasteiger partial charge in [0.2, 0.25) is 0 Å². The van der Waals surface area contributed by atoms with Crippen LogP contribution in [0.3, 0.4) is 0 Å². The lowest BCUT2D eigenvalue weighted by atomic mass is 9.99. The molecule has 0 spiro atoms. The second-order valence-corrected chi connectivity index (χ2v) is 11.9. The van der Waals surface area contributed by atoms with Crippen molar-refractivity contribution in [2.75, 3.05) is 10.2 Å². The number of rotatable bonds is 8. The van der Waals surface area contributed by atoms with Crippen molar-refractivity contribution in [1.29, 1.82) is 0 Å². The number of anilines is 5. The summed E-state index contributed by atoms with van der Waals surface area (Å²) in [7, 11) is 0. The Morgan fingerprint density at radius 1 is 0.292 bits per heavy atom. The minimum atomic E-state index is 1.07. The highest BCUT2D eigenvalue weighted by Crippen LogP contribution is 2.39. The maximum absolute atomic E-state index is 3.53. The van der Waals surface area contributed by atoms with Gasteiger partial charge in [0.15, 0.2) is 0 Å². The molecule has 0 heterocycles. The summed E-state index contributed by atoms with van der Waals surface area (Å²) in [5.41, 5.74) is 12.8. The Labute approximate surface area is 282 Å². The average Bonchev–Trinajstić information content (AvgIpc) is 3.17. The van der Waals surface area contributed by atoms with Gasteiger partial charge in [0.05, 0.1) is 5.69 Å². The Morgan fingerprint density at radius 2 is 0.688 bits per heavy atom. The molecule has 0 saturated heterocycles. The van der Waals surface area contributed by atoms with Crippen LogP contribution in [-0.2, 0) is 0 Å². The number of nitrogens with one attached hydrogen (secondary N) is 1. The van der Waals surface area contributed by atoms with E-state index in [-0.39, 0.29) is 0 Å². The van der Waals surface area contributed by atoms with Crippen LogP contribution in [0.2, 0.25) is 0 Å². The first-order chi connectivity index (χ1) is 23.8. The van der Waals surface area contributed by atoms with E-state index in [1.807, 2.05) is 6.07 Å². The monoisotopic (exact) mass is 614 g/mol. The Balaban J connectivity index is 0.990. The normalized spacial score (nSPS) is 10.9. The van der Waals surface area contributed by atoms with Gasteiger partial charge in [-0.05, 0) is 93.4 Å². The number of hydrogen-bond donors (Lipinski definition) is 1. The van der Waals surface area contributed by atoms with E-state index in [2.05, 4.69) is 204 Å². The molecule has 0 fully saturated rings. The smallest absolute Gasteiger partial charge is 0.0540 e. The molecule has 0 unspecified atom stereocenters. The van der Waals surface area contributed by atoms with Gasteiger partial charge in [0.25, 0.3) is 0 Å². The van der Waals surface area contributed by atoms with Crippen molar-refractivity contribution >= 4 is 39.2 Å². The fourth-order valence-corrected chi connectivity index (χ4v) is 6.35. The lowest BCUT2D eigenvalue weighted by Crippen LogP contribution is -2.10.